The third kappa shape index (κ3) is 11.9. The number of methoxy groups -OCH3 is 1. The zero-order chi connectivity index (χ0) is 22.7. The van der Waals surface area contributed by atoms with Gasteiger partial charge in [-0.05, 0) is 37.3 Å². The van der Waals surface area contributed by atoms with Crippen LogP contribution < -0.4 is 0 Å². The van der Waals surface area contributed by atoms with Crippen molar-refractivity contribution in [2.45, 2.75) is 84.5 Å². The average molecular weight is 435 g/mol. The van der Waals surface area contributed by atoms with Crippen molar-refractivity contribution in [3.63, 3.8) is 0 Å². The van der Waals surface area contributed by atoms with Crippen LogP contribution in [0.5, 0.6) is 0 Å². The van der Waals surface area contributed by atoms with Crippen molar-refractivity contribution in [2.75, 3.05) is 26.9 Å². The summed E-state index contributed by atoms with van der Waals surface area (Å²) in [6, 6.07) is 6.74. The van der Waals surface area contributed by atoms with E-state index in [-0.39, 0.29) is 11.1 Å². The summed E-state index contributed by atoms with van der Waals surface area (Å²) in [7, 11) is 1.71. The fourth-order valence-electron chi connectivity index (χ4n) is 3.58. The molecule has 0 radical (unpaired) electrons. The number of unbranched alkanes of at least 4 members (excludes halogenated alkanes) is 6. The molecule has 0 aliphatic rings. The van der Waals surface area contributed by atoms with Gasteiger partial charge in [-0.15, -0.1) is 0 Å². The number of benzene rings is 1. The molecule has 0 aliphatic heterocycles. The maximum atomic E-state index is 12.6. The maximum Gasteiger partial charge on any atom is 0.339 e. The Morgan fingerprint density at radius 1 is 0.710 bits per heavy atom. The largest absolute Gasteiger partial charge is 0.462 e. The van der Waals surface area contributed by atoms with Gasteiger partial charge >= 0.3 is 11.9 Å². The van der Waals surface area contributed by atoms with Crippen LogP contribution in [0.25, 0.3) is 0 Å². The minimum atomic E-state index is -0.463. The predicted molar refractivity (Wildman–Crippen MR) is 125 cm³/mol. The fourth-order valence-corrected chi connectivity index (χ4v) is 3.58. The van der Waals surface area contributed by atoms with Gasteiger partial charge in [0.2, 0.25) is 0 Å². The minimum absolute atomic E-state index is 0.276. The molecule has 0 amide bonds. The van der Waals surface area contributed by atoms with E-state index in [1.165, 1.54) is 32.1 Å². The van der Waals surface area contributed by atoms with Crippen molar-refractivity contribution in [1.82, 2.24) is 0 Å². The highest BCUT2D eigenvalue weighted by atomic mass is 16.5. The molecular weight excluding hydrogens is 392 g/mol. The molecule has 0 saturated carbocycles. The Bertz CT molecular complexity index is 614. The second-order valence-electron chi connectivity index (χ2n) is 8.16. The number of hydrogen-bond donors (Lipinski definition) is 0. The zero-order valence-corrected chi connectivity index (χ0v) is 19.8. The number of ether oxygens (including phenoxy) is 3. The van der Waals surface area contributed by atoms with Gasteiger partial charge in [0.25, 0.3) is 0 Å². The van der Waals surface area contributed by atoms with Gasteiger partial charge in [0.15, 0.2) is 0 Å². The first kappa shape index (κ1) is 27.2. The quantitative estimate of drug-likeness (QED) is 0.192. The van der Waals surface area contributed by atoms with Crippen LogP contribution in [0, 0.1) is 5.92 Å². The molecule has 5 heteroatoms. The van der Waals surface area contributed by atoms with Crippen LogP contribution in [0.15, 0.2) is 24.3 Å². The summed E-state index contributed by atoms with van der Waals surface area (Å²) in [6.45, 7) is 5.81. The van der Waals surface area contributed by atoms with E-state index in [0.717, 1.165) is 45.1 Å². The van der Waals surface area contributed by atoms with Gasteiger partial charge in [0.05, 0.1) is 24.3 Å². The molecular formula is C26H42O5. The Morgan fingerprint density at radius 2 is 1.26 bits per heavy atom. The standard InChI is InChI=1S/C26H42O5/c1-4-6-8-9-13-19-30-25(27)23-15-11-12-16-24(23)26(28)31-21-18-22(17-20-29-3)14-10-7-5-2/h11-12,15-16,22H,4-10,13-14,17-21H2,1-3H3. The Morgan fingerprint density at radius 3 is 1.87 bits per heavy atom. The van der Waals surface area contributed by atoms with E-state index in [9.17, 15) is 9.59 Å². The zero-order valence-electron chi connectivity index (χ0n) is 19.8. The molecule has 1 rings (SSSR count). The maximum absolute atomic E-state index is 12.6. The SMILES string of the molecule is CCCCCCCOC(=O)c1ccccc1C(=O)OCCC(CCCCC)CCOC. The Hall–Kier alpha value is -1.88. The molecule has 31 heavy (non-hydrogen) atoms. The highest BCUT2D eigenvalue weighted by Crippen LogP contribution is 2.19. The Balaban J connectivity index is 2.52. The summed E-state index contributed by atoms with van der Waals surface area (Å²) in [6.07, 6.45) is 11.9. The molecule has 0 N–H and O–H groups in total. The molecule has 0 heterocycles. The van der Waals surface area contributed by atoms with Gasteiger partial charge in [0.1, 0.15) is 0 Å². The average Bonchev–Trinajstić information content (AvgIpc) is 2.79. The first-order valence-electron chi connectivity index (χ1n) is 12.1. The molecule has 0 aliphatic carbocycles. The van der Waals surface area contributed by atoms with E-state index in [1.807, 2.05) is 0 Å². The van der Waals surface area contributed by atoms with Crippen molar-refractivity contribution in [2.24, 2.45) is 5.92 Å². The summed E-state index contributed by atoms with van der Waals surface area (Å²) in [5.74, 6) is -0.442. The van der Waals surface area contributed by atoms with Crippen molar-refractivity contribution < 1.29 is 23.8 Å². The lowest BCUT2D eigenvalue weighted by Crippen LogP contribution is -2.16. The monoisotopic (exact) mass is 434 g/mol. The summed E-state index contributed by atoms with van der Waals surface area (Å²) in [5, 5.41) is 0. The van der Waals surface area contributed by atoms with E-state index in [1.54, 1.807) is 31.4 Å². The van der Waals surface area contributed by atoms with Crippen LogP contribution in [-0.2, 0) is 14.2 Å². The number of rotatable bonds is 18. The van der Waals surface area contributed by atoms with Crippen LogP contribution in [0.3, 0.4) is 0 Å². The highest BCUT2D eigenvalue weighted by molar-refractivity contribution is 6.03. The van der Waals surface area contributed by atoms with E-state index < -0.39 is 11.9 Å². The van der Waals surface area contributed by atoms with Gasteiger partial charge in [-0.1, -0.05) is 77.3 Å². The molecule has 5 nitrogen and oxygen atoms in total. The molecule has 176 valence electrons. The van der Waals surface area contributed by atoms with E-state index in [2.05, 4.69) is 13.8 Å². The molecule has 1 atom stereocenters. The van der Waals surface area contributed by atoms with Crippen LogP contribution in [0.2, 0.25) is 0 Å². The Kier molecular flexibility index (Phi) is 15.6. The predicted octanol–water partition coefficient (Wildman–Crippen LogP) is 6.59. The smallest absolute Gasteiger partial charge is 0.339 e. The van der Waals surface area contributed by atoms with Gasteiger partial charge < -0.3 is 14.2 Å². The highest BCUT2D eigenvalue weighted by Gasteiger charge is 2.19. The number of carbonyl (C=O) groups excluding carboxylic acids is 2. The first-order chi connectivity index (χ1) is 15.1. The lowest BCUT2D eigenvalue weighted by atomic mass is 9.95. The van der Waals surface area contributed by atoms with Crippen LogP contribution in [-0.4, -0.2) is 38.9 Å². The molecule has 1 aromatic rings. The van der Waals surface area contributed by atoms with Crippen LogP contribution in [0.1, 0.15) is 105 Å². The minimum Gasteiger partial charge on any atom is -0.462 e. The number of hydrogen-bond acceptors (Lipinski definition) is 5. The van der Waals surface area contributed by atoms with E-state index >= 15 is 0 Å². The molecule has 1 unspecified atom stereocenters. The van der Waals surface area contributed by atoms with Crippen molar-refractivity contribution >= 4 is 11.9 Å². The van der Waals surface area contributed by atoms with Gasteiger partial charge in [-0.3, -0.25) is 0 Å². The summed E-state index contributed by atoms with van der Waals surface area (Å²) in [5.41, 5.74) is 0.554. The fraction of sp³-hybridized carbons (Fsp3) is 0.692. The molecule has 0 bridgehead atoms. The lowest BCUT2D eigenvalue weighted by molar-refractivity contribution is 0.0436. The number of esters is 2. The van der Waals surface area contributed by atoms with E-state index in [4.69, 9.17) is 14.2 Å². The van der Waals surface area contributed by atoms with Gasteiger partial charge in [0, 0.05) is 13.7 Å². The molecule has 0 spiro atoms. The van der Waals surface area contributed by atoms with Crippen molar-refractivity contribution in [3.8, 4) is 0 Å². The normalized spacial score (nSPS) is 11.8. The van der Waals surface area contributed by atoms with Crippen LogP contribution in [0.4, 0.5) is 0 Å². The second-order valence-corrected chi connectivity index (χ2v) is 8.16. The summed E-state index contributed by atoms with van der Waals surface area (Å²) in [4.78, 5) is 25.1. The molecule has 0 fully saturated rings. The van der Waals surface area contributed by atoms with E-state index in [0.29, 0.717) is 19.1 Å². The first-order valence-corrected chi connectivity index (χ1v) is 12.1. The third-order valence-electron chi connectivity index (χ3n) is 5.55. The number of carbonyl (C=O) groups is 2. The van der Waals surface area contributed by atoms with Crippen LogP contribution >= 0.6 is 0 Å². The van der Waals surface area contributed by atoms with Gasteiger partial charge in [-0.2, -0.15) is 0 Å². The topological polar surface area (TPSA) is 61.8 Å². The molecule has 0 aromatic heterocycles. The van der Waals surface area contributed by atoms with Crippen molar-refractivity contribution in [3.05, 3.63) is 35.4 Å². The molecule has 1 aromatic carbocycles. The van der Waals surface area contributed by atoms with Gasteiger partial charge in [-0.25, -0.2) is 9.59 Å². The lowest BCUT2D eigenvalue weighted by Gasteiger charge is -2.16. The summed E-state index contributed by atoms with van der Waals surface area (Å²) < 4.78 is 16.1. The summed E-state index contributed by atoms with van der Waals surface area (Å²) >= 11 is 0. The van der Waals surface area contributed by atoms with Crippen molar-refractivity contribution in [1.29, 1.82) is 0 Å². The third-order valence-corrected chi connectivity index (χ3v) is 5.55. The second kappa shape index (κ2) is 17.8. The Labute approximate surface area is 188 Å². The molecule has 0 saturated heterocycles.